The molecular formula is C52H36N4. The molecule has 0 amide bonds. The predicted molar refractivity (Wildman–Crippen MR) is 233 cm³/mol. The molecule has 0 saturated heterocycles. The van der Waals surface area contributed by atoms with Gasteiger partial charge in [0.2, 0.25) is 0 Å². The lowest BCUT2D eigenvalue weighted by molar-refractivity contribution is 0.814. The van der Waals surface area contributed by atoms with Crippen LogP contribution >= 0.6 is 0 Å². The largest absolute Gasteiger partial charge is 0.309 e. The Balaban J connectivity index is 1.10. The van der Waals surface area contributed by atoms with Crippen LogP contribution in [0.2, 0.25) is 0 Å². The standard InChI is InChI=1S/C52H36N4/c1-3-15-35(16-4-1)44-25-13-27-46(53-44)37-19-11-21-39(33-37)55-49-30-10-8-24-43(49)51-50(55)32-31-42-41-23-7-9-29-48(41)56(52(42)51)40-22-12-20-38(34-40)47-28-14-26-45(54-47)36-17-5-2-6-18-36/h1-18,20-34,37H,19H2. The van der Waals surface area contributed by atoms with E-state index in [-0.39, 0.29) is 5.92 Å². The van der Waals surface area contributed by atoms with Crippen molar-refractivity contribution in [2.24, 2.45) is 0 Å². The summed E-state index contributed by atoms with van der Waals surface area (Å²) in [6.07, 6.45) is 7.90. The molecular weight excluding hydrogens is 681 g/mol. The fourth-order valence-corrected chi connectivity index (χ4v) is 8.67. The molecule has 0 radical (unpaired) electrons. The number of benzene rings is 6. The van der Waals surface area contributed by atoms with Gasteiger partial charge in [-0.15, -0.1) is 0 Å². The van der Waals surface area contributed by atoms with Crippen LogP contribution in [0.25, 0.3) is 88.8 Å². The van der Waals surface area contributed by atoms with Crippen molar-refractivity contribution in [3.05, 3.63) is 206 Å². The molecule has 10 aromatic rings. The number of nitrogens with zero attached hydrogens (tertiary/aromatic N) is 4. The average molecular weight is 717 g/mol. The van der Waals surface area contributed by atoms with Gasteiger partial charge in [-0.1, -0.05) is 140 Å². The van der Waals surface area contributed by atoms with Gasteiger partial charge in [-0.05, 0) is 67.1 Å². The number of allylic oxidation sites excluding steroid dienone is 4. The molecule has 0 bridgehead atoms. The Bertz CT molecular complexity index is 3170. The Labute approximate surface area is 325 Å². The van der Waals surface area contributed by atoms with Crippen molar-refractivity contribution in [2.75, 3.05) is 0 Å². The van der Waals surface area contributed by atoms with E-state index in [1.807, 2.05) is 12.1 Å². The highest BCUT2D eigenvalue weighted by Gasteiger charge is 2.23. The summed E-state index contributed by atoms with van der Waals surface area (Å²) in [5.74, 6) is 0.154. The molecule has 4 nitrogen and oxygen atoms in total. The van der Waals surface area contributed by atoms with Gasteiger partial charge in [0.05, 0.1) is 39.1 Å². The van der Waals surface area contributed by atoms with Crippen LogP contribution in [0.1, 0.15) is 18.0 Å². The second kappa shape index (κ2) is 13.2. The molecule has 1 atom stereocenters. The first-order valence-corrected chi connectivity index (χ1v) is 19.3. The zero-order chi connectivity index (χ0) is 37.0. The second-order valence-electron chi connectivity index (χ2n) is 14.5. The van der Waals surface area contributed by atoms with Crippen LogP contribution in [-0.2, 0) is 0 Å². The third kappa shape index (κ3) is 5.30. The molecule has 0 saturated carbocycles. The van der Waals surface area contributed by atoms with Gasteiger partial charge < -0.3 is 9.13 Å². The van der Waals surface area contributed by atoms with Gasteiger partial charge in [-0.25, -0.2) is 4.98 Å². The lowest BCUT2D eigenvalue weighted by Gasteiger charge is -2.19. The zero-order valence-corrected chi connectivity index (χ0v) is 30.6. The van der Waals surface area contributed by atoms with Crippen molar-refractivity contribution in [1.29, 1.82) is 0 Å². The van der Waals surface area contributed by atoms with Gasteiger partial charge >= 0.3 is 0 Å². The maximum Gasteiger partial charge on any atom is 0.0710 e. The lowest BCUT2D eigenvalue weighted by Crippen LogP contribution is -2.05. The number of hydrogen-bond donors (Lipinski definition) is 0. The summed E-state index contributed by atoms with van der Waals surface area (Å²) in [4.78, 5) is 10.3. The van der Waals surface area contributed by atoms with Gasteiger partial charge in [-0.2, -0.15) is 0 Å². The Hall–Kier alpha value is -7.30. The number of para-hydroxylation sites is 2. The van der Waals surface area contributed by atoms with Gasteiger partial charge in [0.25, 0.3) is 0 Å². The molecule has 6 aromatic carbocycles. The average Bonchev–Trinajstić information content (AvgIpc) is 3.80. The normalized spacial score (nSPS) is 14.2. The molecule has 11 rings (SSSR count). The van der Waals surface area contributed by atoms with E-state index in [4.69, 9.17) is 9.97 Å². The Morgan fingerprint density at radius 2 is 1.05 bits per heavy atom. The third-order valence-corrected chi connectivity index (χ3v) is 11.2. The minimum Gasteiger partial charge on any atom is -0.309 e. The third-order valence-electron chi connectivity index (χ3n) is 11.2. The number of aromatic nitrogens is 4. The van der Waals surface area contributed by atoms with E-state index >= 15 is 0 Å². The molecule has 0 fully saturated rings. The van der Waals surface area contributed by atoms with Crippen molar-refractivity contribution in [3.63, 3.8) is 0 Å². The van der Waals surface area contributed by atoms with E-state index in [1.165, 1.54) is 43.6 Å². The lowest BCUT2D eigenvalue weighted by atomic mass is 9.94. The van der Waals surface area contributed by atoms with E-state index < -0.39 is 0 Å². The van der Waals surface area contributed by atoms with Gasteiger partial charge in [0.15, 0.2) is 0 Å². The SMILES string of the molecule is C1=CC(n2c3ccccc3c3c2ccc2c4ccccc4n(-c4cccc(-c5cccc(-c6ccccc6)n5)c4)c23)=CC(c2cccc(-c3ccccc3)n2)C1. The van der Waals surface area contributed by atoms with Crippen molar-refractivity contribution in [2.45, 2.75) is 12.3 Å². The monoisotopic (exact) mass is 716 g/mol. The second-order valence-corrected chi connectivity index (χ2v) is 14.5. The maximum atomic E-state index is 5.17. The highest BCUT2D eigenvalue weighted by Crippen LogP contribution is 2.43. The molecule has 0 N–H and O–H groups in total. The van der Waals surface area contributed by atoms with Crippen LogP contribution < -0.4 is 0 Å². The quantitative estimate of drug-likeness (QED) is 0.172. The summed E-state index contributed by atoms with van der Waals surface area (Å²) in [5, 5.41) is 4.94. The number of hydrogen-bond acceptors (Lipinski definition) is 2. The Morgan fingerprint density at radius 1 is 0.446 bits per heavy atom. The highest BCUT2D eigenvalue weighted by atomic mass is 15.0. The smallest absolute Gasteiger partial charge is 0.0710 e. The fourth-order valence-electron chi connectivity index (χ4n) is 8.67. The number of rotatable bonds is 6. The van der Waals surface area contributed by atoms with Gasteiger partial charge in [-0.3, -0.25) is 4.98 Å². The molecule has 1 aliphatic rings. The predicted octanol–water partition coefficient (Wildman–Crippen LogP) is 13.3. The summed E-state index contributed by atoms with van der Waals surface area (Å²) >= 11 is 0. The molecule has 0 aliphatic heterocycles. The van der Waals surface area contributed by atoms with Crippen LogP contribution in [0, 0.1) is 0 Å². The zero-order valence-electron chi connectivity index (χ0n) is 30.6. The van der Waals surface area contributed by atoms with Crippen LogP contribution in [0.15, 0.2) is 200 Å². The Morgan fingerprint density at radius 3 is 1.82 bits per heavy atom. The van der Waals surface area contributed by atoms with Crippen LogP contribution in [-0.4, -0.2) is 19.1 Å². The van der Waals surface area contributed by atoms with Gasteiger partial charge in [0, 0.05) is 61.2 Å². The molecule has 264 valence electrons. The van der Waals surface area contributed by atoms with Crippen LogP contribution in [0.5, 0.6) is 0 Å². The van der Waals surface area contributed by atoms with E-state index in [0.29, 0.717) is 0 Å². The summed E-state index contributed by atoms with van der Waals surface area (Å²) in [7, 11) is 0. The molecule has 56 heavy (non-hydrogen) atoms. The fraction of sp³-hybridized carbons (Fsp3) is 0.0385. The summed E-state index contributed by atoms with van der Waals surface area (Å²) < 4.78 is 4.91. The minimum atomic E-state index is 0.154. The van der Waals surface area contributed by atoms with E-state index in [1.54, 1.807) is 0 Å². The number of pyridine rings is 2. The number of fused-ring (bicyclic) bond motifs is 7. The van der Waals surface area contributed by atoms with E-state index in [2.05, 4.69) is 197 Å². The molecule has 4 heterocycles. The first-order chi connectivity index (χ1) is 27.8. The summed E-state index contributed by atoms with van der Waals surface area (Å²) in [6.45, 7) is 0. The van der Waals surface area contributed by atoms with Crippen molar-refractivity contribution in [1.82, 2.24) is 19.1 Å². The Kier molecular flexibility index (Phi) is 7.59. The topological polar surface area (TPSA) is 35.6 Å². The van der Waals surface area contributed by atoms with Crippen molar-refractivity contribution < 1.29 is 0 Å². The molecule has 4 aromatic heterocycles. The molecule has 1 unspecified atom stereocenters. The van der Waals surface area contributed by atoms with Crippen LogP contribution in [0.4, 0.5) is 0 Å². The first kappa shape index (κ1) is 32.2. The van der Waals surface area contributed by atoms with Crippen molar-refractivity contribution >= 4 is 49.3 Å². The van der Waals surface area contributed by atoms with Gasteiger partial charge in [0.1, 0.15) is 0 Å². The summed E-state index contributed by atoms with van der Waals surface area (Å²) in [5.41, 5.74) is 14.3. The molecule has 4 heteroatoms. The van der Waals surface area contributed by atoms with E-state index in [0.717, 1.165) is 57.3 Å². The minimum absolute atomic E-state index is 0.154. The molecule has 1 aliphatic carbocycles. The molecule has 0 spiro atoms. The van der Waals surface area contributed by atoms with Crippen molar-refractivity contribution in [3.8, 4) is 39.5 Å². The van der Waals surface area contributed by atoms with E-state index in [9.17, 15) is 0 Å². The summed E-state index contributed by atoms with van der Waals surface area (Å²) in [6, 6.07) is 64.6. The maximum absolute atomic E-state index is 5.17. The highest BCUT2D eigenvalue weighted by molar-refractivity contribution is 6.26. The van der Waals surface area contributed by atoms with Crippen LogP contribution in [0.3, 0.4) is 0 Å². The first-order valence-electron chi connectivity index (χ1n) is 19.3.